The van der Waals surface area contributed by atoms with E-state index in [1.807, 2.05) is 13.0 Å². The molecule has 0 bridgehead atoms. The van der Waals surface area contributed by atoms with Crippen LogP contribution in [0.5, 0.6) is 0 Å². The summed E-state index contributed by atoms with van der Waals surface area (Å²) in [7, 11) is 3.41. The number of hydrogen-bond donors (Lipinski definition) is 1. The van der Waals surface area contributed by atoms with E-state index in [0.717, 1.165) is 18.1 Å². The van der Waals surface area contributed by atoms with Crippen LogP contribution in [0.25, 0.3) is 0 Å². The summed E-state index contributed by atoms with van der Waals surface area (Å²) < 4.78 is 5.00. The van der Waals surface area contributed by atoms with Gasteiger partial charge in [-0.2, -0.15) is 0 Å². The number of hydrogen-bond acceptors (Lipinski definition) is 4. The number of carbonyl (C=O) groups excluding carboxylic acids is 1. The molecular formula is C15H25N3O2. The van der Waals surface area contributed by atoms with Crippen molar-refractivity contribution in [2.24, 2.45) is 0 Å². The van der Waals surface area contributed by atoms with Gasteiger partial charge in [-0.3, -0.25) is 4.79 Å². The largest absolute Gasteiger partial charge is 0.383 e. The zero-order chi connectivity index (χ0) is 15.1. The van der Waals surface area contributed by atoms with Gasteiger partial charge in [0, 0.05) is 38.5 Å². The number of nitrogens with zero attached hydrogens (tertiary/aromatic N) is 2. The number of carbonyl (C=O) groups is 1. The Kier molecular flexibility index (Phi) is 6.45. The van der Waals surface area contributed by atoms with Crippen LogP contribution in [-0.4, -0.2) is 49.6 Å². The maximum absolute atomic E-state index is 12.4. The van der Waals surface area contributed by atoms with Crippen molar-refractivity contribution in [3.63, 3.8) is 0 Å². The summed E-state index contributed by atoms with van der Waals surface area (Å²) in [6.45, 7) is 8.04. The summed E-state index contributed by atoms with van der Waals surface area (Å²) >= 11 is 0. The number of amides is 1. The lowest BCUT2D eigenvalue weighted by Gasteiger charge is -2.18. The predicted octanol–water partition coefficient (Wildman–Crippen LogP) is 2.36. The summed E-state index contributed by atoms with van der Waals surface area (Å²) in [5, 5.41) is 3.17. The van der Waals surface area contributed by atoms with Crippen molar-refractivity contribution in [1.29, 1.82) is 0 Å². The fraction of sp³-hybridized carbons (Fsp3) is 0.600. The second kappa shape index (κ2) is 7.85. The highest BCUT2D eigenvalue weighted by atomic mass is 16.5. The Labute approximate surface area is 121 Å². The Morgan fingerprint density at radius 1 is 1.45 bits per heavy atom. The molecule has 0 saturated heterocycles. The molecule has 0 unspecified atom stereocenters. The molecule has 0 aliphatic rings. The molecule has 0 saturated carbocycles. The van der Waals surface area contributed by atoms with Crippen LogP contribution in [-0.2, 0) is 4.74 Å². The van der Waals surface area contributed by atoms with Crippen molar-refractivity contribution in [2.45, 2.75) is 26.7 Å². The molecule has 20 heavy (non-hydrogen) atoms. The first-order chi connectivity index (χ1) is 9.49. The van der Waals surface area contributed by atoms with Gasteiger partial charge in [0.05, 0.1) is 6.61 Å². The van der Waals surface area contributed by atoms with E-state index in [9.17, 15) is 4.79 Å². The first kappa shape index (κ1) is 16.4. The van der Waals surface area contributed by atoms with Gasteiger partial charge in [0.1, 0.15) is 5.82 Å². The van der Waals surface area contributed by atoms with Gasteiger partial charge >= 0.3 is 0 Å². The van der Waals surface area contributed by atoms with Crippen LogP contribution in [0.2, 0.25) is 0 Å². The zero-order valence-corrected chi connectivity index (χ0v) is 13.1. The smallest absolute Gasteiger partial charge is 0.253 e. The molecule has 0 fully saturated rings. The molecule has 1 rings (SSSR count). The van der Waals surface area contributed by atoms with Crippen LogP contribution in [0.4, 0.5) is 5.82 Å². The Bertz CT molecular complexity index is 447. The molecule has 5 nitrogen and oxygen atoms in total. The molecule has 5 heteroatoms. The lowest BCUT2D eigenvalue weighted by Crippen LogP contribution is -2.30. The van der Waals surface area contributed by atoms with Crippen LogP contribution >= 0.6 is 0 Å². The van der Waals surface area contributed by atoms with Crippen molar-refractivity contribution in [3.05, 3.63) is 23.4 Å². The number of methoxy groups -OCH3 is 1. The topological polar surface area (TPSA) is 54.5 Å². The highest BCUT2D eigenvalue weighted by molar-refractivity contribution is 5.94. The third-order valence-electron chi connectivity index (χ3n) is 3.02. The number of ether oxygens (including phenoxy) is 1. The van der Waals surface area contributed by atoms with Crippen LogP contribution in [0.1, 0.15) is 42.7 Å². The lowest BCUT2D eigenvalue weighted by molar-refractivity contribution is 0.0744. The van der Waals surface area contributed by atoms with E-state index < -0.39 is 0 Å². The van der Waals surface area contributed by atoms with Crippen LogP contribution in [0.3, 0.4) is 0 Å². The molecule has 1 aromatic rings. The minimum absolute atomic E-state index is 0.00879. The van der Waals surface area contributed by atoms with E-state index >= 15 is 0 Å². The fourth-order valence-corrected chi connectivity index (χ4v) is 1.79. The summed E-state index contributed by atoms with van der Waals surface area (Å²) in [5.74, 6) is 1.03. The normalized spacial score (nSPS) is 10.7. The monoisotopic (exact) mass is 279 g/mol. The van der Waals surface area contributed by atoms with Gasteiger partial charge in [0.25, 0.3) is 5.91 Å². The number of aromatic nitrogens is 1. The first-order valence-electron chi connectivity index (χ1n) is 6.99. The van der Waals surface area contributed by atoms with Crippen molar-refractivity contribution in [3.8, 4) is 0 Å². The molecule has 0 spiro atoms. The number of nitrogens with one attached hydrogen (secondary N) is 1. The highest BCUT2D eigenvalue weighted by Gasteiger charge is 2.15. The first-order valence-corrected chi connectivity index (χ1v) is 6.99. The second-order valence-electron chi connectivity index (χ2n) is 5.07. The van der Waals surface area contributed by atoms with Gasteiger partial charge in [-0.1, -0.05) is 13.8 Å². The van der Waals surface area contributed by atoms with Crippen molar-refractivity contribution in [1.82, 2.24) is 9.88 Å². The minimum Gasteiger partial charge on any atom is -0.383 e. The van der Waals surface area contributed by atoms with E-state index in [2.05, 4.69) is 24.1 Å². The van der Waals surface area contributed by atoms with Crippen molar-refractivity contribution in [2.75, 3.05) is 39.2 Å². The Morgan fingerprint density at radius 3 is 2.70 bits per heavy atom. The van der Waals surface area contributed by atoms with E-state index in [1.54, 1.807) is 25.1 Å². The minimum atomic E-state index is -0.00879. The lowest BCUT2D eigenvalue weighted by atomic mass is 10.1. The summed E-state index contributed by atoms with van der Waals surface area (Å²) in [5.41, 5.74) is 1.59. The predicted molar refractivity (Wildman–Crippen MR) is 81.3 cm³/mol. The van der Waals surface area contributed by atoms with E-state index in [-0.39, 0.29) is 11.8 Å². The highest BCUT2D eigenvalue weighted by Crippen LogP contribution is 2.18. The Balaban J connectivity index is 3.00. The van der Waals surface area contributed by atoms with Crippen molar-refractivity contribution >= 4 is 11.7 Å². The number of likely N-dealkylation sites (N-methyl/N-ethyl adjacent to an activating group) is 1. The van der Waals surface area contributed by atoms with Gasteiger partial charge in [-0.15, -0.1) is 0 Å². The fourth-order valence-electron chi connectivity index (χ4n) is 1.79. The molecule has 1 aromatic heterocycles. The molecule has 1 heterocycles. The van der Waals surface area contributed by atoms with E-state index in [0.29, 0.717) is 18.7 Å². The van der Waals surface area contributed by atoms with Gasteiger partial charge in [0.15, 0.2) is 0 Å². The summed E-state index contributed by atoms with van der Waals surface area (Å²) in [6, 6.07) is 3.68. The number of anilines is 1. The average molecular weight is 279 g/mol. The average Bonchev–Trinajstić information content (AvgIpc) is 2.43. The standard InChI is InChI=1S/C15H25N3O2/c1-6-16-14-10-12(9-13(17-14)11(2)3)15(19)18(4)7-8-20-5/h9-11H,6-8H2,1-5H3,(H,16,17). The Morgan fingerprint density at radius 2 is 2.15 bits per heavy atom. The van der Waals surface area contributed by atoms with Crippen molar-refractivity contribution < 1.29 is 9.53 Å². The number of rotatable bonds is 7. The molecule has 1 N–H and O–H groups in total. The zero-order valence-electron chi connectivity index (χ0n) is 13.1. The van der Waals surface area contributed by atoms with Crippen LogP contribution < -0.4 is 5.32 Å². The third-order valence-corrected chi connectivity index (χ3v) is 3.02. The van der Waals surface area contributed by atoms with E-state index in [1.165, 1.54) is 0 Å². The van der Waals surface area contributed by atoms with Gasteiger partial charge < -0.3 is 15.0 Å². The Hall–Kier alpha value is -1.62. The SMILES string of the molecule is CCNc1cc(C(=O)N(C)CCOC)cc(C(C)C)n1. The quantitative estimate of drug-likeness (QED) is 0.832. The van der Waals surface area contributed by atoms with Crippen LogP contribution in [0, 0.1) is 0 Å². The number of pyridine rings is 1. The molecular weight excluding hydrogens is 254 g/mol. The third kappa shape index (κ3) is 4.49. The summed E-state index contributed by atoms with van der Waals surface area (Å²) in [4.78, 5) is 18.6. The van der Waals surface area contributed by atoms with Crippen LogP contribution in [0.15, 0.2) is 12.1 Å². The molecule has 0 aromatic carbocycles. The van der Waals surface area contributed by atoms with Gasteiger partial charge in [-0.25, -0.2) is 4.98 Å². The van der Waals surface area contributed by atoms with Gasteiger partial charge in [0.2, 0.25) is 0 Å². The molecule has 0 aliphatic carbocycles. The van der Waals surface area contributed by atoms with Gasteiger partial charge in [-0.05, 0) is 25.0 Å². The molecule has 112 valence electrons. The van der Waals surface area contributed by atoms with E-state index in [4.69, 9.17) is 4.74 Å². The molecule has 0 radical (unpaired) electrons. The molecule has 1 amide bonds. The summed E-state index contributed by atoms with van der Waals surface area (Å²) in [6.07, 6.45) is 0. The molecule has 0 aliphatic heterocycles. The second-order valence-corrected chi connectivity index (χ2v) is 5.07. The maximum atomic E-state index is 12.4. The maximum Gasteiger partial charge on any atom is 0.253 e. The molecule has 0 atom stereocenters.